The second-order valence-electron chi connectivity index (χ2n) is 9.15. The van der Waals surface area contributed by atoms with Gasteiger partial charge >= 0.3 is 0 Å². The van der Waals surface area contributed by atoms with Crippen LogP contribution in [0.25, 0.3) is 0 Å². The molecule has 2 heterocycles. The van der Waals surface area contributed by atoms with Crippen LogP contribution >= 0.6 is 0 Å². The van der Waals surface area contributed by atoms with Gasteiger partial charge in [-0.2, -0.15) is 0 Å². The smallest absolute Gasteiger partial charge is 0.247 e. The van der Waals surface area contributed by atoms with Crippen LogP contribution < -0.4 is 10.2 Å². The Hall–Kier alpha value is -1.55. The van der Waals surface area contributed by atoms with E-state index in [4.69, 9.17) is 0 Å². The molecule has 1 aromatic rings. The van der Waals surface area contributed by atoms with Crippen molar-refractivity contribution in [2.24, 2.45) is 0 Å². The van der Waals surface area contributed by atoms with Crippen molar-refractivity contribution in [1.29, 1.82) is 0 Å². The van der Waals surface area contributed by atoms with Gasteiger partial charge in [-0.25, -0.2) is 0 Å². The van der Waals surface area contributed by atoms with Gasteiger partial charge in [-0.3, -0.25) is 4.79 Å². The molecule has 1 aliphatic carbocycles. The molecular weight excluding hydrogens is 346 g/mol. The van der Waals surface area contributed by atoms with Crippen molar-refractivity contribution in [3.05, 3.63) is 29.8 Å². The van der Waals surface area contributed by atoms with Gasteiger partial charge in [0.2, 0.25) is 5.91 Å². The fourth-order valence-corrected chi connectivity index (χ4v) is 5.68. The zero-order valence-electron chi connectivity index (χ0n) is 17.6. The van der Waals surface area contributed by atoms with E-state index in [1.54, 1.807) is 0 Å². The van der Waals surface area contributed by atoms with Crippen molar-refractivity contribution in [1.82, 2.24) is 10.2 Å². The van der Waals surface area contributed by atoms with Crippen LogP contribution in [0.15, 0.2) is 24.3 Å². The van der Waals surface area contributed by atoms with Crippen molar-refractivity contribution in [2.45, 2.75) is 89.1 Å². The highest BCUT2D eigenvalue weighted by Gasteiger charge is 2.51. The molecule has 4 rings (SSSR count). The van der Waals surface area contributed by atoms with E-state index in [9.17, 15) is 4.79 Å². The van der Waals surface area contributed by atoms with Gasteiger partial charge in [0.15, 0.2) is 0 Å². The third kappa shape index (κ3) is 3.94. The molecule has 1 spiro atoms. The Labute approximate surface area is 170 Å². The third-order valence-electron chi connectivity index (χ3n) is 7.46. The average Bonchev–Trinajstić information content (AvgIpc) is 3.03. The fourth-order valence-electron chi connectivity index (χ4n) is 5.68. The number of nitrogens with zero attached hydrogens (tertiary/aromatic N) is 2. The normalized spacial score (nSPS) is 25.0. The monoisotopic (exact) mass is 383 g/mol. The maximum absolute atomic E-state index is 12.9. The number of nitrogens with one attached hydrogen (secondary N) is 1. The third-order valence-corrected chi connectivity index (χ3v) is 7.46. The predicted octanol–water partition coefficient (Wildman–Crippen LogP) is 4.62. The number of benzene rings is 1. The summed E-state index contributed by atoms with van der Waals surface area (Å²) in [6.07, 6.45) is 14.4. The minimum atomic E-state index is -0.349. The second kappa shape index (κ2) is 8.86. The first-order chi connectivity index (χ1) is 13.7. The van der Waals surface area contributed by atoms with Crippen LogP contribution in [-0.2, 0) is 4.79 Å². The zero-order chi connectivity index (χ0) is 19.4. The molecular formula is C24H37N3O. The number of anilines is 1. The lowest BCUT2D eigenvalue weighted by Crippen LogP contribution is -2.58. The van der Waals surface area contributed by atoms with Gasteiger partial charge in [0.1, 0.15) is 5.54 Å². The lowest BCUT2D eigenvalue weighted by molar-refractivity contribution is -0.125. The van der Waals surface area contributed by atoms with Crippen molar-refractivity contribution in [3.63, 3.8) is 0 Å². The Balaban J connectivity index is 1.45. The minimum Gasteiger partial charge on any atom is -0.339 e. The molecule has 3 fully saturated rings. The number of amides is 1. The topological polar surface area (TPSA) is 35.6 Å². The molecule has 1 aromatic carbocycles. The molecule has 1 saturated carbocycles. The Morgan fingerprint density at radius 3 is 2.18 bits per heavy atom. The summed E-state index contributed by atoms with van der Waals surface area (Å²) in [6, 6.07) is 9.23. The van der Waals surface area contributed by atoms with E-state index in [1.165, 1.54) is 69.0 Å². The number of carbonyl (C=O) groups excluding carboxylic acids is 1. The van der Waals surface area contributed by atoms with Gasteiger partial charge in [-0.15, -0.1) is 0 Å². The molecule has 0 aromatic heterocycles. The molecule has 28 heavy (non-hydrogen) atoms. The largest absolute Gasteiger partial charge is 0.339 e. The number of likely N-dealkylation sites (tertiary alicyclic amines) is 1. The number of para-hydroxylation sites is 1. The van der Waals surface area contributed by atoms with E-state index in [2.05, 4.69) is 46.3 Å². The number of rotatable bonds is 2. The molecule has 2 saturated heterocycles. The summed E-state index contributed by atoms with van der Waals surface area (Å²) in [4.78, 5) is 18.0. The van der Waals surface area contributed by atoms with E-state index >= 15 is 0 Å². The van der Waals surface area contributed by atoms with Crippen molar-refractivity contribution < 1.29 is 4.79 Å². The quantitative estimate of drug-likeness (QED) is 0.810. The van der Waals surface area contributed by atoms with Crippen LogP contribution in [0.2, 0.25) is 0 Å². The lowest BCUT2D eigenvalue weighted by atomic mass is 9.84. The SMILES string of the molecule is Cc1ccccc1N1CNC(=O)C12CCN(C1CCCCCCCCC1)CC2. The van der Waals surface area contributed by atoms with Gasteiger partial charge in [0.05, 0.1) is 6.67 Å². The van der Waals surface area contributed by atoms with Crippen LogP contribution in [0.4, 0.5) is 5.69 Å². The van der Waals surface area contributed by atoms with Crippen molar-refractivity contribution in [3.8, 4) is 0 Å². The minimum absolute atomic E-state index is 0.237. The first-order valence-corrected chi connectivity index (χ1v) is 11.6. The number of piperidine rings is 1. The molecule has 4 nitrogen and oxygen atoms in total. The summed E-state index contributed by atoms with van der Waals surface area (Å²) in [6.45, 7) is 4.91. The van der Waals surface area contributed by atoms with Gasteiger partial charge < -0.3 is 15.1 Å². The predicted molar refractivity (Wildman–Crippen MR) is 116 cm³/mol. The van der Waals surface area contributed by atoms with Gasteiger partial charge in [0, 0.05) is 24.8 Å². The summed E-state index contributed by atoms with van der Waals surface area (Å²) < 4.78 is 0. The van der Waals surface area contributed by atoms with Crippen LogP contribution in [0.1, 0.15) is 76.2 Å². The molecule has 0 radical (unpaired) electrons. The van der Waals surface area contributed by atoms with Crippen LogP contribution in [0.5, 0.6) is 0 Å². The van der Waals surface area contributed by atoms with Crippen LogP contribution in [-0.4, -0.2) is 42.1 Å². The number of aryl methyl sites for hydroxylation is 1. The molecule has 0 unspecified atom stereocenters. The molecule has 3 aliphatic rings. The summed E-state index contributed by atoms with van der Waals surface area (Å²) in [5, 5.41) is 3.15. The summed E-state index contributed by atoms with van der Waals surface area (Å²) in [5.74, 6) is 0.237. The molecule has 4 heteroatoms. The molecule has 1 N–H and O–H groups in total. The standard InChI is InChI=1S/C24H37N3O/c1-20-11-9-10-14-22(20)27-19-25-23(28)24(27)15-17-26(18-16-24)21-12-7-5-3-2-4-6-8-13-21/h9-11,14,21H,2-8,12-13,15-19H2,1H3,(H,25,28). The van der Waals surface area contributed by atoms with E-state index in [0.29, 0.717) is 6.67 Å². The van der Waals surface area contributed by atoms with E-state index < -0.39 is 0 Å². The number of hydrogen-bond acceptors (Lipinski definition) is 3. The van der Waals surface area contributed by atoms with Gasteiger partial charge in [-0.05, 0) is 44.2 Å². The summed E-state index contributed by atoms with van der Waals surface area (Å²) in [7, 11) is 0. The van der Waals surface area contributed by atoms with Crippen LogP contribution in [0.3, 0.4) is 0 Å². The maximum Gasteiger partial charge on any atom is 0.247 e. The average molecular weight is 384 g/mol. The molecule has 0 atom stereocenters. The van der Waals surface area contributed by atoms with Gasteiger partial charge in [0.25, 0.3) is 0 Å². The Bertz CT molecular complexity index is 656. The molecule has 2 aliphatic heterocycles. The number of hydrogen-bond donors (Lipinski definition) is 1. The van der Waals surface area contributed by atoms with Crippen molar-refractivity contribution >= 4 is 11.6 Å². The highest BCUT2D eigenvalue weighted by atomic mass is 16.2. The Kier molecular flexibility index (Phi) is 6.25. The second-order valence-corrected chi connectivity index (χ2v) is 9.15. The molecule has 154 valence electrons. The highest BCUT2D eigenvalue weighted by molar-refractivity contribution is 5.93. The van der Waals surface area contributed by atoms with E-state index in [1.807, 2.05) is 0 Å². The Morgan fingerprint density at radius 1 is 0.929 bits per heavy atom. The summed E-state index contributed by atoms with van der Waals surface area (Å²) >= 11 is 0. The van der Waals surface area contributed by atoms with E-state index in [0.717, 1.165) is 32.0 Å². The fraction of sp³-hybridized carbons (Fsp3) is 0.708. The molecule has 0 bridgehead atoms. The first kappa shape index (κ1) is 19.8. The zero-order valence-corrected chi connectivity index (χ0v) is 17.6. The first-order valence-electron chi connectivity index (χ1n) is 11.6. The summed E-state index contributed by atoms with van der Waals surface area (Å²) in [5.41, 5.74) is 2.12. The maximum atomic E-state index is 12.9. The van der Waals surface area contributed by atoms with Crippen LogP contribution in [0, 0.1) is 6.92 Å². The lowest BCUT2D eigenvalue weighted by Gasteiger charge is -2.46. The van der Waals surface area contributed by atoms with E-state index in [-0.39, 0.29) is 11.4 Å². The Morgan fingerprint density at radius 2 is 1.54 bits per heavy atom. The van der Waals surface area contributed by atoms with Crippen molar-refractivity contribution in [2.75, 3.05) is 24.7 Å². The molecule has 1 amide bonds. The number of carbonyl (C=O) groups is 1. The highest BCUT2D eigenvalue weighted by Crippen LogP contribution is 2.38. The van der Waals surface area contributed by atoms with Gasteiger partial charge in [-0.1, -0.05) is 63.1 Å².